The highest BCUT2D eigenvalue weighted by molar-refractivity contribution is 6.40. The fourth-order valence-corrected chi connectivity index (χ4v) is 2.92. The molecule has 0 bridgehead atoms. The number of hydrogen-bond donors (Lipinski definition) is 0. The second-order valence-electron chi connectivity index (χ2n) is 4.85. The van der Waals surface area contributed by atoms with Crippen molar-refractivity contribution in [2.75, 3.05) is 0 Å². The maximum Gasteiger partial charge on any atom is 0.165 e. The van der Waals surface area contributed by atoms with Crippen molar-refractivity contribution in [3.8, 4) is 5.69 Å². The Kier molecular flexibility index (Phi) is 2.65. The van der Waals surface area contributed by atoms with Crippen LogP contribution in [0.1, 0.15) is 5.69 Å². The van der Waals surface area contributed by atoms with Gasteiger partial charge in [-0.05, 0) is 25.1 Å². The molecule has 0 fully saturated rings. The lowest BCUT2D eigenvalue weighted by Gasteiger charge is -2.04. The maximum absolute atomic E-state index is 6.57. The zero-order valence-electron chi connectivity index (χ0n) is 11.3. The van der Waals surface area contributed by atoms with Gasteiger partial charge in [-0.1, -0.05) is 29.8 Å². The molecule has 21 heavy (non-hydrogen) atoms. The predicted octanol–water partition coefficient (Wildman–Crippen LogP) is 3.93. The molecule has 0 radical (unpaired) electrons. The van der Waals surface area contributed by atoms with Crippen molar-refractivity contribution < 1.29 is 0 Å². The quantitative estimate of drug-likeness (QED) is 0.534. The number of para-hydroxylation sites is 1. The molecule has 5 heteroatoms. The summed E-state index contributed by atoms with van der Waals surface area (Å²) in [6.45, 7) is 1.94. The molecule has 0 amide bonds. The van der Waals surface area contributed by atoms with Crippen LogP contribution in [0.3, 0.4) is 0 Å². The number of halogens is 1. The average Bonchev–Trinajstić information content (AvgIpc) is 2.86. The van der Waals surface area contributed by atoms with Crippen LogP contribution < -0.4 is 0 Å². The van der Waals surface area contributed by atoms with E-state index in [4.69, 9.17) is 16.6 Å². The Morgan fingerprint density at radius 1 is 1.10 bits per heavy atom. The number of pyridine rings is 2. The van der Waals surface area contributed by atoms with Gasteiger partial charge >= 0.3 is 0 Å². The van der Waals surface area contributed by atoms with Crippen LogP contribution in [0.2, 0.25) is 5.02 Å². The van der Waals surface area contributed by atoms with Crippen LogP contribution in [0.15, 0.2) is 48.8 Å². The maximum atomic E-state index is 6.57. The average molecular weight is 295 g/mol. The van der Waals surface area contributed by atoms with Crippen LogP contribution in [0, 0.1) is 6.92 Å². The van der Waals surface area contributed by atoms with Gasteiger partial charge in [0.05, 0.1) is 33.5 Å². The van der Waals surface area contributed by atoms with E-state index in [0.717, 1.165) is 33.3 Å². The van der Waals surface area contributed by atoms with Gasteiger partial charge in [-0.25, -0.2) is 9.67 Å². The van der Waals surface area contributed by atoms with Crippen LogP contribution in [0.5, 0.6) is 0 Å². The Labute approximate surface area is 126 Å². The normalized spacial score (nSPS) is 11.3. The molecule has 4 aromatic rings. The topological polar surface area (TPSA) is 43.6 Å². The molecule has 0 aliphatic heterocycles. The molecule has 1 aromatic carbocycles. The summed E-state index contributed by atoms with van der Waals surface area (Å²) in [6.07, 6.45) is 3.49. The first-order chi connectivity index (χ1) is 10.3. The van der Waals surface area contributed by atoms with E-state index in [9.17, 15) is 0 Å². The highest BCUT2D eigenvalue weighted by atomic mass is 35.5. The Balaban J connectivity index is 2.16. The third kappa shape index (κ3) is 1.80. The molecule has 4 nitrogen and oxygen atoms in total. The molecule has 0 unspecified atom stereocenters. The van der Waals surface area contributed by atoms with Crippen molar-refractivity contribution in [1.29, 1.82) is 0 Å². The molecule has 4 rings (SSSR count). The van der Waals surface area contributed by atoms with Crippen molar-refractivity contribution in [2.45, 2.75) is 6.92 Å². The molecule has 0 saturated carbocycles. The first kappa shape index (κ1) is 12.3. The standard InChI is InChI=1S/C16H11ClN4/c1-10-14-15(17)12-6-2-3-7-13(12)19-16(14)21(20-10)11-5-4-8-18-9-11/h2-9H,1H3. The number of fused-ring (bicyclic) bond motifs is 2. The molecule has 0 atom stereocenters. The van der Waals surface area contributed by atoms with E-state index in [1.807, 2.05) is 43.3 Å². The molecule has 0 aliphatic rings. The van der Waals surface area contributed by atoms with Crippen LogP contribution >= 0.6 is 11.6 Å². The van der Waals surface area contributed by atoms with E-state index >= 15 is 0 Å². The number of aromatic nitrogens is 4. The van der Waals surface area contributed by atoms with Crippen LogP contribution in [-0.2, 0) is 0 Å². The molecule has 0 N–H and O–H groups in total. The fraction of sp³-hybridized carbons (Fsp3) is 0.0625. The monoisotopic (exact) mass is 294 g/mol. The summed E-state index contributed by atoms with van der Waals surface area (Å²) >= 11 is 6.57. The van der Waals surface area contributed by atoms with Crippen molar-refractivity contribution in [3.05, 3.63) is 59.5 Å². The van der Waals surface area contributed by atoms with Gasteiger partial charge in [0.1, 0.15) is 0 Å². The van der Waals surface area contributed by atoms with Gasteiger partial charge in [-0.2, -0.15) is 5.10 Å². The first-order valence-corrected chi connectivity index (χ1v) is 6.97. The molecule has 102 valence electrons. The minimum Gasteiger partial charge on any atom is -0.262 e. The third-order valence-corrected chi connectivity index (χ3v) is 3.91. The van der Waals surface area contributed by atoms with Gasteiger partial charge in [0, 0.05) is 11.6 Å². The van der Waals surface area contributed by atoms with E-state index in [0.29, 0.717) is 5.02 Å². The largest absolute Gasteiger partial charge is 0.262 e. The summed E-state index contributed by atoms with van der Waals surface area (Å²) in [6, 6.07) is 11.7. The van der Waals surface area contributed by atoms with Crippen LogP contribution in [-0.4, -0.2) is 19.7 Å². The molecule has 3 aromatic heterocycles. The van der Waals surface area contributed by atoms with Crippen molar-refractivity contribution in [1.82, 2.24) is 19.7 Å². The SMILES string of the molecule is Cc1nn(-c2cccnc2)c2nc3ccccc3c(Cl)c12. The van der Waals surface area contributed by atoms with Gasteiger partial charge in [0.25, 0.3) is 0 Å². The van der Waals surface area contributed by atoms with E-state index in [2.05, 4.69) is 10.1 Å². The Morgan fingerprint density at radius 3 is 2.76 bits per heavy atom. The van der Waals surface area contributed by atoms with Gasteiger partial charge in [-0.3, -0.25) is 4.98 Å². The fourth-order valence-electron chi connectivity index (χ4n) is 2.54. The lowest BCUT2D eigenvalue weighted by atomic mass is 10.1. The highest BCUT2D eigenvalue weighted by Crippen LogP contribution is 2.33. The van der Waals surface area contributed by atoms with E-state index in [1.54, 1.807) is 17.1 Å². The number of hydrogen-bond acceptors (Lipinski definition) is 3. The molecule has 3 heterocycles. The smallest absolute Gasteiger partial charge is 0.165 e. The van der Waals surface area contributed by atoms with Crippen molar-refractivity contribution in [2.24, 2.45) is 0 Å². The lowest BCUT2D eigenvalue weighted by Crippen LogP contribution is -1.98. The van der Waals surface area contributed by atoms with E-state index in [1.165, 1.54) is 0 Å². The second kappa shape index (κ2) is 4.53. The third-order valence-electron chi connectivity index (χ3n) is 3.51. The van der Waals surface area contributed by atoms with Gasteiger partial charge < -0.3 is 0 Å². The summed E-state index contributed by atoms with van der Waals surface area (Å²) < 4.78 is 1.79. The van der Waals surface area contributed by atoms with Crippen LogP contribution in [0.4, 0.5) is 0 Å². The van der Waals surface area contributed by atoms with Crippen molar-refractivity contribution >= 4 is 33.5 Å². The minimum atomic E-state index is 0.697. The lowest BCUT2D eigenvalue weighted by molar-refractivity contribution is 0.873. The first-order valence-electron chi connectivity index (χ1n) is 6.59. The summed E-state index contributed by atoms with van der Waals surface area (Å²) in [4.78, 5) is 8.86. The van der Waals surface area contributed by atoms with Gasteiger partial charge in [0.15, 0.2) is 5.65 Å². The number of benzene rings is 1. The minimum absolute atomic E-state index is 0.697. The Hall–Kier alpha value is -2.46. The predicted molar refractivity (Wildman–Crippen MR) is 83.9 cm³/mol. The summed E-state index contributed by atoms with van der Waals surface area (Å²) in [7, 11) is 0. The number of nitrogens with zero attached hydrogens (tertiary/aromatic N) is 4. The van der Waals surface area contributed by atoms with E-state index < -0.39 is 0 Å². The highest BCUT2D eigenvalue weighted by Gasteiger charge is 2.16. The molecule has 0 spiro atoms. The zero-order chi connectivity index (χ0) is 14.4. The molecular weight excluding hydrogens is 284 g/mol. The van der Waals surface area contributed by atoms with Crippen molar-refractivity contribution in [3.63, 3.8) is 0 Å². The molecule has 0 aliphatic carbocycles. The Morgan fingerprint density at radius 2 is 1.95 bits per heavy atom. The van der Waals surface area contributed by atoms with Crippen LogP contribution in [0.25, 0.3) is 27.6 Å². The zero-order valence-corrected chi connectivity index (χ0v) is 12.0. The second-order valence-corrected chi connectivity index (χ2v) is 5.23. The summed E-state index contributed by atoms with van der Waals surface area (Å²) in [5.74, 6) is 0. The number of rotatable bonds is 1. The Bertz CT molecular complexity index is 960. The number of aryl methyl sites for hydroxylation is 1. The van der Waals surface area contributed by atoms with E-state index in [-0.39, 0.29) is 0 Å². The summed E-state index contributed by atoms with van der Waals surface area (Å²) in [5, 5.41) is 7.10. The van der Waals surface area contributed by atoms with Gasteiger partial charge in [0.2, 0.25) is 0 Å². The van der Waals surface area contributed by atoms with Gasteiger partial charge in [-0.15, -0.1) is 0 Å². The summed E-state index contributed by atoms with van der Waals surface area (Å²) in [5.41, 5.74) is 3.34. The molecule has 0 saturated heterocycles. The molecular formula is C16H11ClN4.